The van der Waals surface area contributed by atoms with Crippen LogP contribution >= 0.6 is 0 Å². The summed E-state index contributed by atoms with van der Waals surface area (Å²) >= 11 is 0. The number of hydrogen-bond acceptors (Lipinski definition) is 1. The highest BCUT2D eigenvalue weighted by molar-refractivity contribution is 5.17. The molecule has 0 aromatic heterocycles. The van der Waals surface area contributed by atoms with E-state index in [2.05, 4.69) is 19.2 Å². The van der Waals surface area contributed by atoms with Gasteiger partial charge in [-0.1, -0.05) is 19.9 Å². The van der Waals surface area contributed by atoms with Gasteiger partial charge in [0.05, 0.1) is 0 Å². The Balaban J connectivity index is 1.86. The molecule has 0 radical (unpaired) electrons. The largest absolute Gasteiger partial charge is 0.310 e. The van der Waals surface area contributed by atoms with Crippen molar-refractivity contribution >= 4 is 0 Å². The fourth-order valence-electron chi connectivity index (χ4n) is 2.64. The van der Waals surface area contributed by atoms with Crippen molar-refractivity contribution in [2.24, 2.45) is 11.8 Å². The van der Waals surface area contributed by atoms with Gasteiger partial charge in [-0.05, 0) is 48.8 Å². The standard InChI is InChI=1S/C15H21F2N/c1-10-3-5-13(7-11(10)2)18-9-12-4-6-14(16)15(17)8-12/h4,6,8,10-11,13,18H,3,5,7,9H2,1-2H3. The molecule has 0 spiro atoms. The van der Waals surface area contributed by atoms with Crippen LogP contribution in [0.1, 0.15) is 38.7 Å². The first-order valence-corrected chi connectivity index (χ1v) is 6.73. The Morgan fingerprint density at radius 1 is 1.11 bits per heavy atom. The Labute approximate surface area is 108 Å². The molecule has 1 N–H and O–H groups in total. The molecule has 0 aliphatic heterocycles. The number of benzene rings is 1. The van der Waals surface area contributed by atoms with Crippen LogP contribution in [-0.2, 0) is 6.54 Å². The van der Waals surface area contributed by atoms with E-state index >= 15 is 0 Å². The van der Waals surface area contributed by atoms with Crippen molar-refractivity contribution in [1.29, 1.82) is 0 Å². The molecule has 2 rings (SSSR count). The van der Waals surface area contributed by atoms with Crippen LogP contribution in [0, 0.1) is 23.5 Å². The van der Waals surface area contributed by atoms with Crippen molar-refractivity contribution in [3.8, 4) is 0 Å². The SMILES string of the molecule is CC1CCC(NCc2ccc(F)c(F)c2)CC1C. The number of hydrogen-bond donors (Lipinski definition) is 1. The van der Waals surface area contributed by atoms with Crippen LogP contribution in [-0.4, -0.2) is 6.04 Å². The van der Waals surface area contributed by atoms with E-state index in [0.717, 1.165) is 17.4 Å². The molecule has 3 unspecified atom stereocenters. The Morgan fingerprint density at radius 2 is 1.89 bits per heavy atom. The third-order valence-corrected chi connectivity index (χ3v) is 4.18. The number of nitrogens with one attached hydrogen (secondary N) is 1. The number of rotatable bonds is 3. The lowest BCUT2D eigenvalue weighted by molar-refractivity contribution is 0.225. The molecule has 100 valence electrons. The molecule has 1 nitrogen and oxygen atoms in total. The lowest BCUT2D eigenvalue weighted by Gasteiger charge is -2.32. The first-order chi connectivity index (χ1) is 8.56. The van der Waals surface area contributed by atoms with Crippen LogP contribution in [0.25, 0.3) is 0 Å². The fraction of sp³-hybridized carbons (Fsp3) is 0.600. The molecule has 0 amide bonds. The molecule has 0 bridgehead atoms. The minimum absolute atomic E-state index is 0.504. The van der Waals surface area contributed by atoms with Gasteiger partial charge in [-0.25, -0.2) is 8.78 Å². The molecular weight excluding hydrogens is 232 g/mol. The minimum Gasteiger partial charge on any atom is -0.310 e. The fourth-order valence-corrected chi connectivity index (χ4v) is 2.64. The van der Waals surface area contributed by atoms with Crippen LogP contribution in [0.2, 0.25) is 0 Å². The van der Waals surface area contributed by atoms with Gasteiger partial charge in [0.25, 0.3) is 0 Å². The van der Waals surface area contributed by atoms with E-state index in [4.69, 9.17) is 0 Å². The molecule has 18 heavy (non-hydrogen) atoms. The maximum atomic E-state index is 13.1. The summed E-state index contributed by atoms with van der Waals surface area (Å²) < 4.78 is 25.8. The second-order valence-corrected chi connectivity index (χ2v) is 5.59. The first-order valence-electron chi connectivity index (χ1n) is 6.73. The summed E-state index contributed by atoms with van der Waals surface area (Å²) in [5.41, 5.74) is 0.806. The molecule has 1 aliphatic rings. The van der Waals surface area contributed by atoms with Crippen molar-refractivity contribution in [2.75, 3.05) is 0 Å². The van der Waals surface area contributed by atoms with E-state index in [1.165, 1.54) is 31.4 Å². The van der Waals surface area contributed by atoms with E-state index in [-0.39, 0.29) is 0 Å². The molecule has 1 aromatic carbocycles. The molecule has 0 saturated heterocycles. The van der Waals surface area contributed by atoms with Crippen molar-refractivity contribution in [3.05, 3.63) is 35.4 Å². The zero-order valence-electron chi connectivity index (χ0n) is 11.0. The van der Waals surface area contributed by atoms with Crippen LogP contribution in [0.3, 0.4) is 0 Å². The molecule has 1 fully saturated rings. The van der Waals surface area contributed by atoms with E-state index in [0.29, 0.717) is 12.6 Å². The second-order valence-electron chi connectivity index (χ2n) is 5.59. The minimum atomic E-state index is -0.779. The summed E-state index contributed by atoms with van der Waals surface area (Å²) in [5, 5.41) is 3.45. The number of halogens is 2. The Hall–Kier alpha value is -0.960. The molecular formula is C15H21F2N. The molecule has 3 atom stereocenters. The lowest BCUT2D eigenvalue weighted by atomic mass is 9.79. The highest BCUT2D eigenvalue weighted by Crippen LogP contribution is 2.29. The van der Waals surface area contributed by atoms with Gasteiger partial charge in [-0.15, -0.1) is 0 Å². The predicted molar refractivity (Wildman–Crippen MR) is 69.2 cm³/mol. The predicted octanol–water partition coefficient (Wildman–Crippen LogP) is 3.88. The van der Waals surface area contributed by atoms with Crippen molar-refractivity contribution in [3.63, 3.8) is 0 Å². The second kappa shape index (κ2) is 5.79. The van der Waals surface area contributed by atoms with Gasteiger partial charge < -0.3 is 5.32 Å². The molecule has 1 aromatic rings. The van der Waals surface area contributed by atoms with Gasteiger partial charge >= 0.3 is 0 Å². The summed E-state index contributed by atoms with van der Waals surface area (Å²) in [6.07, 6.45) is 3.59. The van der Waals surface area contributed by atoms with Crippen molar-refractivity contribution in [2.45, 2.75) is 45.7 Å². The van der Waals surface area contributed by atoms with Gasteiger partial charge in [0, 0.05) is 12.6 Å². The van der Waals surface area contributed by atoms with E-state index in [1.807, 2.05) is 0 Å². The maximum absolute atomic E-state index is 13.1. The maximum Gasteiger partial charge on any atom is 0.159 e. The highest BCUT2D eigenvalue weighted by atomic mass is 19.2. The summed E-state index contributed by atoms with van der Waals surface area (Å²) in [5.74, 6) is -0.00804. The topological polar surface area (TPSA) is 12.0 Å². The van der Waals surface area contributed by atoms with Gasteiger partial charge in [0.1, 0.15) is 0 Å². The third-order valence-electron chi connectivity index (χ3n) is 4.18. The quantitative estimate of drug-likeness (QED) is 0.862. The van der Waals surface area contributed by atoms with Crippen LogP contribution in [0.15, 0.2) is 18.2 Å². The zero-order valence-corrected chi connectivity index (χ0v) is 11.0. The van der Waals surface area contributed by atoms with Gasteiger partial charge in [-0.3, -0.25) is 0 Å². The summed E-state index contributed by atoms with van der Waals surface area (Å²) in [6, 6.07) is 4.61. The van der Waals surface area contributed by atoms with Gasteiger partial charge in [0.2, 0.25) is 0 Å². The Morgan fingerprint density at radius 3 is 2.56 bits per heavy atom. The smallest absolute Gasteiger partial charge is 0.159 e. The average molecular weight is 253 g/mol. The Bertz CT molecular complexity index is 405. The van der Waals surface area contributed by atoms with Crippen LogP contribution < -0.4 is 5.32 Å². The van der Waals surface area contributed by atoms with E-state index in [1.54, 1.807) is 6.07 Å². The van der Waals surface area contributed by atoms with Crippen LogP contribution in [0.4, 0.5) is 8.78 Å². The summed E-state index contributed by atoms with van der Waals surface area (Å²) in [6.45, 7) is 5.20. The van der Waals surface area contributed by atoms with Crippen LogP contribution in [0.5, 0.6) is 0 Å². The van der Waals surface area contributed by atoms with E-state index in [9.17, 15) is 8.78 Å². The summed E-state index contributed by atoms with van der Waals surface area (Å²) in [7, 11) is 0. The van der Waals surface area contributed by atoms with Gasteiger partial charge in [0.15, 0.2) is 11.6 Å². The normalized spacial score (nSPS) is 28.3. The molecule has 1 aliphatic carbocycles. The Kier molecular flexibility index (Phi) is 4.33. The molecule has 3 heteroatoms. The van der Waals surface area contributed by atoms with Crippen molar-refractivity contribution < 1.29 is 8.78 Å². The lowest BCUT2D eigenvalue weighted by Crippen LogP contribution is -2.35. The third kappa shape index (κ3) is 3.29. The first kappa shape index (κ1) is 13.5. The zero-order chi connectivity index (χ0) is 13.1. The average Bonchev–Trinajstić information content (AvgIpc) is 2.35. The van der Waals surface area contributed by atoms with Gasteiger partial charge in [-0.2, -0.15) is 0 Å². The molecule has 1 saturated carbocycles. The van der Waals surface area contributed by atoms with Crippen molar-refractivity contribution in [1.82, 2.24) is 5.32 Å². The monoisotopic (exact) mass is 253 g/mol. The summed E-state index contributed by atoms with van der Waals surface area (Å²) in [4.78, 5) is 0. The molecule has 0 heterocycles. The highest BCUT2D eigenvalue weighted by Gasteiger charge is 2.23. The van der Waals surface area contributed by atoms with E-state index < -0.39 is 11.6 Å².